The first-order valence-corrected chi connectivity index (χ1v) is 16.0. The number of amides is 3. The molecule has 0 unspecified atom stereocenters. The monoisotopic (exact) mass is 663 g/mol. The largest absolute Gasteiger partial charge is 0.448 e. The molecule has 0 atom stereocenters. The van der Waals surface area contributed by atoms with Gasteiger partial charge in [-0.1, -0.05) is 53.6 Å². The van der Waals surface area contributed by atoms with Gasteiger partial charge in [0.05, 0.1) is 11.9 Å². The molecule has 8 nitrogen and oxygen atoms in total. The Bertz CT molecular complexity index is 1800. The van der Waals surface area contributed by atoms with Gasteiger partial charge < -0.3 is 19.5 Å². The van der Waals surface area contributed by atoms with Gasteiger partial charge in [0, 0.05) is 49.8 Å². The fourth-order valence-electron chi connectivity index (χ4n) is 5.93. The standard InChI is InChI=1S/C29H29F2N3O5.C7H7Cl/c30-20-13-22-24(35)15-25(39-28(22)23(31)14-20)29(38)32-16-27(37)33-11-8-18(9-12-33)21-6-2-1-5-19(21)17-34-10-4-3-7-26(34)36;1-6-2-4-7(8)5-3-6/h1-2,5-6,13-15,18H,3-4,7-12,16-17H2,(H,32,38);2-5H,1H3. The smallest absolute Gasteiger partial charge is 0.287 e. The average molecular weight is 664 g/mol. The van der Waals surface area contributed by atoms with E-state index in [1.54, 1.807) is 4.90 Å². The van der Waals surface area contributed by atoms with Crippen molar-refractivity contribution in [3.63, 3.8) is 0 Å². The van der Waals surface area contributed by atoms with Crippen LogP contribution in [-0.2, 0) is 16.1 Å². The number of nitrogens with one attached hydrogen (secondary N) is 1. The maximum absolute atomic E-state index is 14.1. The first-order chi connectivity index (χ1) is 22.6. The highest BCUT2D eigenvalue weighted by atomic mass is 35.5. The van der Waals surface area contributed by atoms with Crippen molar-refractivity contribution in [2.45, 2.75) is 51.5 Å². The second-order valence-corrected chi connectivity index (χ2v) is 12.3. The van der Waals surface area contributed by atoms with Crippen LogP contribution < -0.4 is 10.7 Å². The predicted octanol–water partition coefficient (Wildman–Crippen LogP) is 6.37. The highest BCUT2D eigenvalue weighted by molar-refractivity contribution is 6.30. The summed E-state index contributed by atoms with van der Waals surface area (Å²) in [6, 6.07) is 18.1. The second kappa shape index (κ2) is 15.3. The van der Waals surface area contributed by atoms with Gasteiger partial charge in [-0.2, -0.15) is 0 Å². The SMILES string of the molecule is Cc1ccc(Cl)cc1.O=C(NCC(=O)N1CCC(c2ccccc2CN2CCCCC2=O)CC1)c1cc(=O)c2cc(F)cc(F)c2o1. The van der Waals surface area contributed by atoms with Gasteiger partial charge in [-0.25, -0.2) is 8.78 Å². The van der Waals surface area contributed by atoms with E-state index in [9.17, 15) is 28.0 Å². The van der Waals surface area contributed by atoms with Crippen LogP contribution in [-0.4, -0.2) is 53.7 Å². The topological polar surface area (TPSA) is 99.9 Å². The molecular weight excluding hydrogens is 628 g/mol. The molecule has 2 aliphatic rings. The van der Waals surface area contributed by atoms with Gasteiger partial charge in [0.15, 0.2) is 22.6 Å². The molecule has 3 aromatic carbocycles. The number of aryl methyl sites for hydroxylation is 1. The zero-order chi connectivity index (χ0) is 33.5. The van der Waals surface area contributed by atoms with Crippen LogP contribution >= 0.6 is 11.6 Å². The molecule has 246 valence electrons. The third-order valence-electron chi connectivity index (χ3n) is 8.51. The van der Waals surface area contributed by atoms with Crippen molar-refractivity contribution >= 4 is 40.3 Å². The Kier molecular flexibility index (Phi) is 11.0. The van der Waals surface area contributed by atoms with Gasteiger partial charge in [-0.15, -0.1) is 0 Å². The van der Waals surface area contributed by atoms with Crippen LogP contribution in [0.2, 0.25) is 5.02 Å². The lowest BCUT2D eigenvalue weighted by molar-refractivity contribution is -0.134. The normalized spacial score (nSPS) is 15.3. The summed E-state index contributed by atoms with van der Waals surface area (Å²) in [5.74, 6) is -3.17. The molecule has 3 heterocycles. The lowest BCUT2D eigenvalue weighted by Crippen LogP contribution is -2.44. The number of carbonyl (C=O) groups excluding carboxylic acids is 3. The number of hydrogen-bond acceptors (Lipinski definition) is 5. The second-order valence-electron chi connectivity index (χ2n) is 11.8. The number of hydrogen-bond donors (Lipinski definition) is 1. The number of fused-ring (bicyclic) bond motifs is 1. The molecule has 0 bridgehead atoms. The van der Waals surface area contributed by atoms with Gasteiger partial charge in [-0.05, 0) is 67.9 Å². The van der Waals surface area contributed by atoms with Crippen LogP contribution in [0.4, 0.5) is 8.78 Å². The molecule has 4 aromatic rings. The van der Waals surface area contributed by atoms with E-state index in [0.29, 0.717) is 32.1 Å². The van der Waals surface area contributed by atoms with Gasteiger partial charge in [0.1, 0.15) is 5.82 Å². The number of rotatable bonds is 6. The molecule has 0 radical (unpaired) electrons. The first kappa shape index (κ1) is 33.8. The summed E-state index contributed by atoms with van der Waals surface area (Å²) >= 11 is 5.61. The van der Waals surface area contributed by atoms with E-state index in [1.807, 2.05) is 48.2 Å². The van der Waals surface area contributed by atoms with Crippen LogP contribution in [0.5, 0.6) is 0 Å². The number of nitrogens with zero attached hydrogens (tertiary/aromatic N) is 2. The van der Waals surface area contributed by atoms with E-state index in [2.05, 4.69) is 17.4 Å². The van der Waals surface area contributed by atoms with E-state index < -0.39 is 34.3 Å². The van der Waals surface area contributed by atoms with E-state index in [-0.39, 0.29) is 29.7 Å². The van der Waals surface area contributed by atoms with Crippen molar-refractivity contribution in [3.8, 4) is 0 Å². The Labute approximate surface area is 276 Å². The van der Waals surface area contributed by atoms with Gasteiger partial charge >= 0.3 is 0 Å². The van der Waals surface area contributed by atoms with Crippen LogP contribution in [0, 0.1) is 18.6 Å². The van der Waals surface area contributed by atoms with E-state index >= 15 is 0 Å². The van der Waals surface area contributed by atoms with Gasteiger partial charge in [-0.3, -0.25) is 19.2 Å². The molecule has 6 rings (SSSR count). The number of likely N-dealkylation sites (tertiary alicyclic amines) is 2. The minimum atomic E-state index is -1.10. The third kappa shape index (κ3) is 8.62. The number of piperidine rings is 2. The summed E-state index contributed by atoms with van der Waals surface area (Å²) in [7, 11) is 0. The molecule has 11 heteroatoms. The summed E-state index contributed by atoms with van der Waals surface area (Å²) in [6.45, 7) is 4.13. The molecule has 2 aliphatic heterocycles. The zero-order valence-electron chi connectivity index (χ0n) is 26.1. The molecule has 0 spiro atoms. The van der Waals surface area contributed by atoms with Crippen molar-refractivity contribution in [1.82, 2.24) is 15.1 Å². The summed E-state index contributed by atoms with van der Waals surface area (Å²) < 4.78 is 32.7. The Morgan fingerprint density at radius 2 is 1.68 bits per heavy atom. The first-order valence-electron chi connectivity index (χ1n) is 15.7. The van der Waals surface area contributed by atoms with Crippen LogP contribution in [0.25, 0.3) is 11.0 Å². The minimum Gasteiger partial charge on any atom is -0.448 e. The van der Waals surface area contributed by atoms with Crippen LogP contribution in [0.1, 0.15) is 65.3 Å². The molecule has 1 N–H and O–H groups in total. The lowest BCUT2D eigenvalue weighted by Gasteiger charge is -2.34. The fourth-order valence-corrected chi connectivity index (χ4v) is 6.06. The molecule has 0 saturated carbocycles. The summed E-state index contributed by atoms with van der Waals surface area (Å²) in [5.41, 5.74) is 2.30. The van der Waals surface area contributed by atoms with E-state index in [4.69, 9.17) is 16.0 Å². The molecule has 2 fully saturated rings. The average Bonchev–Trinajstić information content (AvgIpc) is 3.07. The summed E-state index contributed by atoms with van der Waals surface area (Å²) in [4.78, 5) is 53.4. The van der Waals surface area contributed by atoms with Crippen LogP contribution in [0.3, 0.4) is 0 Å². The van der Waals surface area contributed by atoms with Crippen molar-refractivity contribution in [2.75, 3.05) is 26.2 Å². The Morgan fingerprint density at radius 1 is 0.957 bits per heavy atom. The highest BCUT2D eigenvalue weighted by Gasteiger charge is 2.27. The van der Waals surface area contributed by atoms with Gasteiger partial charge in [0.2, 0.25) is 11.8 Å². The number of carbonyl (C=O) groups is 3. The molecular formula is C36H36ClF2N3O5. The van der Waals surface area contributed by atoms with Crippen molar-refractivity contribution < 1.29 is 27.6 Å². The zero-order valence-corrected chi connectivity index (χ0v) is 26.8. The molecule has 1 aromatic heterocycles. The Balaban J connectivity index is 0.000000474. The highest BCUT2D eigenvalue weighted by Crippen LogP contribution is 2.31. The Hall–Kier alpha value is -4.57. The van der Waals surface area contributed by atoms with E-state index in [0.717, 1.165) is 54.9 Å². The molecule has 47 heavy (non-hydrogen) atoms. The minimum absolute atomic E-state index is 0.195. The van der Waals surface area contributed by atoms with Crippen molar-refractivity contribution in [3.05, 3.63) is 116 Å². The quantitative estimate of drug-likeness (QED) is 0.259. The third-order valence-corrected chi connectivity index (χ3v) is 8.76. The van der Waals surface area contributed by atoms with Crippen molar-refractivity contribution in [2.24, 2.45) is 0 Å². The maximum Gasteiger partial charge on any atom is 0.287 e. The van der Waals surface area contributed by atoms with Gasteiger partial charge in [0.25, 0.3) is 5.91 Å². The predicted molar refractivity (Wildman–Crippen MR) is 175 cm³/mol. The number of halogens is 3. The number of benzene rings is 3. The summed E-state index contributed by atoms with van der Waals surface area (Å²) in [5, 5.41) is 2.91. The molecule has 3 amide bonds. The van der Waals surface area contributed by atoms with Crippen molar-refractivity contribution in [1.29, 1.82) is 0 Å². The van der Waals surface area contributed by atoms with E-state index in [1.165, 1.54) is 11.1 Å². The maximum atomic E-state index is 14.1. The molecule has 2 saturated heterocycles. The summed E-state index contributed by atoms with van der Waals surface area (Å²) in [6.07, 6.45) is 4.07. The van der Waals surface area contributed by atoms with Crippen LogP contribution in [0.15, 0.2) is 75.9 Å². The lowest BCUT2D eigenvalue weighted by atomic mass is 9.86. The Morgan fingerprint density at radius 3 is 2.38 bits per heavy atom. The fraction of sp³-hybridized carbons (Fsp3) is 0.333. The molecule has 0 aliphatic carbocycles.